The summed E-state index contributed by atoms with van der Waals surface area (Å²) in [5.41, 5.74) is 2.90. The Morgan fingerprint density at radius 3 is 2.93 bits per heavy atom. The van der Waals surface area contributed by atoms with Crippen LogP contribution < -0.4 is 0 Å². The number of aryl methyl sites for hydroxylation is 1. The van der Waals surface area contributed by atoms with Gasteiger partial charge in [0.25, 0.3) is 0 Å². The van der Waals surface area contributed by atoms with Gasteiger partial charge in [-0.05, 0) is 6.92 Å². The summed E-state index contributed by atoms with van der Waals surface area (Å²) in [6, 6.07) is 0. The number of thiazole rings is 1. The van der Waals surface area contributed by atoms with Crippen LogP contribution in [0.1, 0.15) is 17.0 Å². The molecule has 1 aromatic heterocycles. The SMILES string of the molecule is COC(=O)CCOCCc1scnc1C. The van der Waals surface area contributed by atoms with Crippen molar-refractivity contribution in [2.75, 3.05) is 20.3 Å². The van der Waals surface area contributed by atoms with Crippen LogP contribution in [-0.4, -0.2) is 31.3 Å². The minimum atomic E-state index is -0.232. The van der Waals surface area contributed by atoms with Gasteiger partial charge in [-0.3, -0.25) is 4.79 Å². The average molecular weight is 229 g/mol. The minimum absolute atomic E-state index is 0.232. The van der Waals surface area contributed by atoms with Crippen LogP contribution in [0, 0.1) is 6.92 Å². The number of carbonyl (C=O) groups is 1. The first kappa shape index (κ1) is 12.1. The standard InChI is InChI=1S/C10H15NO3S/c1-8-9(15-7-11-8)3-5-14-6-4-10(12)13-2/h7H,3-6H2,1-2H3. The van der Waals surface area contributed by atoms with Crippen molar-refractivity contribution in [3.63, 3.8) is 0 Å². The van der Waals surface area contributed by atoms with Gasteiger partial charge in [0.2, 0.25) is 0 Å². The van der Waals surface area contributed by atoms with E-state index in [1.54, 1.807) is 11.3 Å². The van der Waals surface area contributed by atoms with E-state index in [1.807, 2.05) is 12.4 Å². The van der Waals surface area contributed by atoms with Gasteiger partial charge in [-0.1, -0.05) is 0 Å². The second-order valence-electron chi connectivity index (χ2n) is 3.05. The average Bonchev–Trinajstić information content (AvgIpc) is 2.63. The Morgan fingerprint density at radius 2 is 2.33 bits per heavy atom. The Morgan fingerprint density at radius 1 is 1.53 bits per heavy atom. The van der Waals surface area contributed by atoms with Crippen molar-refractivity contribution in [2.24, 2.45) is 0 Å². The summed E-state index contributed by atoms with van der Waals surface area (Å²) in [6.45, 7) is 3.03. The molecule has 0 saturated heterocycles. The quantitative estimate of drug-likeness (QED) is 0.549. The molecule has 1 aromatic rings. The highest BCUT2D eigenvalue weighted by molar-refractivity contribution is 7.09. The summed E-state index contributed by atoms with van der Waals surface area (Å²) >= 11 is 1.64. The van der Waals surface area contributed by atoms with Gasteiger partial charge in [-0.2, -0.15) is 0 Å². The molecule has 0 amide bonds. The third kappa shape index (κ3) is 4.40. The van der Waals surface area contributed by atoms with Crippen molar-refractivity contribution in [3.8, 4) is 0 Å². The van der Waals surface area contributed by atoms with E-state index in [9.17, 15) is 4.79 Å². The highest BCUT2D eigenvalue weighted by Crippen LogP contribution is 2.12. The van der Waals surface area contributed by atoms with Gasteiger partial charge >= 0.3 is 5.97 Å². The first-order valence-electron chi connectivity index (χ1n) is 4.77. The van der Waals surface area contributed by atoms with E-state index in [0.29, 0.717) is 19.6 Å². The van der Waals surface area contributed by atoms with Crippen LogP contribution in [0.15, 0.2) is 5.51 Å². The second kappa shape index (κ2) is 6.53. The molecule has 0 N–H and O–H groups in total. The number of nitrogens with zero attached hydrogens (tertiary/aromatic N) is 1. The molecule has 5 heteroatoms. The van der Waals surface area contributed by atoms with E-state index in [2.05, 4.69) is 9.72 Å². The molecule has 0 unspecified atom stereocenters. The van der Waals surface area contributed by atoms with Gasteiger partial charge in [0.1, 0.15) is 0 Å². The van der Waals surface area contributed by atoms with Gasteiger partial charge < -0.3 is 9.47 Å². The molecular weight excluding hydrogens is 214 g/mol. The Hall–Kier alpha value is -0.940. The molecule has 4 nitrogen and oxygen atoms in total. The molecule has 0 spiro atoms. The van der Waals surface area contributed by atoms with Crippen LogP contribution >= 0.6 is 11.3 Å². The monoisotopic (exact) mass is 229 g/mol. The molecule has 0 aromatic carbocycles. The number of rotatable bonds is 6. The maximum Gasteiger partial charge on any atom is 0.307 e. The predicted molar refractivity (Wildman–Crippen MR) is 58.0 cm³/mol. The van der Waals surface area contributed by atoms with Crippen LogP contribution in [0.5, 0.6) is 0 Å². The summed E-state index contributed by atoms with van der Waals surface area (Å²) in [7, 11) is 1.38. The zero-order chi connectivity index (χ0) is 11.1. The lowest BCUT2D eigenvalue weighted by molar-refractivity contribution is -0.141. The molecular formula is C10H15NO3S. The molecule has 0 bridgehead atoms. The molecule has 0 radical (unpaired) electrons. The predicted octanol–water partition coefficient (Wildman–Crippen LogP) is 1.57. The number of ether oxygens (including phenoxy) is 2. The van der Waals surface area contributed by atoms with Crippen molar-refractivity contribution in [3.05, 3.63) is 16.1 Å². The number of hydrogen-bond donors (Lipinski definition) is 0. The van der Waals surface area contributed by atoms with Crippen molar-refractivity contribution < 1.29 is 14.3 Å². The van der Waals surface area contributed by atoms with Gasteiger partial charge in [-0.25, -0.2) is 4.98 Å². The third-order valence-electron chi connectivity index (χ3n) is 2.00. The molecule has 84 valence electrons. The zero-order valence-electron chi connectivity index (χ0n) is 8.99. The van der Waals surface area contributed by atoms with E-state index in [0.717, 1.165) is 12.1 Å². The van der Waals surface area contributed by atoms with Gasteiger partial charge in [0.05, 0.1) is 37.9 Å². The van der Waals surface area contributed by atoms with Gasteiger partial charge in [-0.15, -0.1) is 11.3 Å². The molecule has 0 aliphatic heterocycles. The number of carbonyl (C=O) groups excluding carboxylic acids is 1. The lowest BCUT2D eigenvalue weighted by atomic mass is 10.3. The molecule has 15 heavy (non-hydrogen) atoms. The van der Waals surface area contributed by atoms with Crippen LogP contribution in [0.2, 0.25) is 0 Å². The van der Waals surface area contributed by atoms with E-state index in [-0.39, 0.29) is 5.97 Å². The van der Waals surface area contributed by atoms with Gasteiger partial charge in [0, 0.05) is 11.3 Å². The lowest BCUT2D eigenvalue weighted by Gasteiger charge is -2.02. The first-order chi connectivity index (χ1) is 7.24. The van der Waals surface area contributed by atoms with Crippen LogP contribution in [0.4, 0.5) is 0 Å². The van der Waals surface area contributed by atoms with E-state index in [1.165, 1.54) is 12.0 Å². The van der Waals surface area contributed by atoms with E-state index < -0.39 is 0 Å². The Kier molecular flexibility index (Phi) is 5.28. The molecule has 1 rings (SSSR count). The molecule has 0 saturated carbocycles. The van der Waals surface area contributed by atoms with Crippen molar-refractivity contribution in [1.82, 2.24) is 4.98 Å². The number of methoxy groups -OCH3 is 1. The summed E-state index contributed by atoms with van der Waals surface area (Å²) in [4.78, 5) is 16.1. The number of hydrogen-bond acceptors (Lipinski definition) is 5. The number of aromatic nitrogens is 1. The zero-order valence-corrected chi connectivity index (χ0v) is 9.80. The summed E-state index contributed by atoms with van der Waals surface area (Å²) in [6.07, 6.45) is 1.18. The Bertz CT molecular complexity index is 311. The maximum atomic E-state index is 10.7. The van der Waals surface area contributed by atoms with Crippen molar-refractivity contribution >= 4 is 17.3 Å². The summed E-state index contributed by atoms with van der Waals surface area (Å²) in [5, 5.41) is 0. The fourth-order valence-corrected chi connectivity index (χ4v) is 1.85. The highest BCUT2D eigenvalue weighted by atomic mass is 32.1. The minimum Gasteiger partial charge on any atom is -0.469 e. The smallest absolute Gasteiger partial charge is 0.307 e. The third-order valence-corrected chi connectivity index (χ3v) is 2.99. The van der Waals surface area contributed by atoms with Gasteiger partial charge in [0.15, 0.2) is 0 Å². The molecule has 1 heterocycles. The van der Waals surface area contributed by atoms with Crippen molar-refractivity contribution in [2.45, 2.75) is 19.8 Å². The topological polar surface area (TPSA) is 48.4 Å². The fourth-order valence-electron chi connectivity index (χ4n) is 1.09. The summed E-state index contributed by atoms with van der Waals surface area (Å²) < 4.78 is 9.81. The first-order valence-corrected chi connectivity index (χ1v) is 5.65. The van der Waals surface area contributed by atoms with Crippen LogP contribution in [0.25, 0.3) is 0 Å². The normalized spacial score (nSPS) is 10.3. The Balaban J connectivity index is 2.07. The van der Waals surface area contributed by atoms with Crippen molar-refractivity contribution in [1.29, 1.82) is 0 Å². The lowest BCUT2D eigenvalue weighted by Crippen LogP contribution is -2.07. The molecule has 0 atom stereocenters. The number of esters is 1. The van der Waals surface area contributed by atoms with E-state index in [4.69, 9.17) is 4.74 Å². The maximum absolute atomic E-state index is 10.7. The molecule has 0 aliphatic carbocycles. The van der Waals surface area contributed by atoms with Crippen LogP contribution in [-0.2, 0) is 20.7 Å². The second-order valence-corrected chi connectivity index (χ2v) is 3.99. The Labute approximate surface area is 93.2 Å². The van der Waals surface area contributed by atoms with E-state index >= 15 is 0 Å². The largest absolute Gasteiger partial charge is 0.469 e. The van der Waals surface area contributed by atoms with Crippen LogP contribution in [0.3, 0.4) is 0 Å². The highest BCUT2D eigenvalue weighted by Gasteiger charge is 2.02. The summed E-state index contributed by atoms with van der Waals surface area (Å²) in [5.74, 6) is -0.232. The molecule has 0 fully saturated rings. The fraction of sp³-hybridized carbons (Fsp3) is 0.600. The molecule has 0 aliphatic rings.